The summed E-state index contributed by atoms with van der Waals surface area (Å²) in [6, 6.07) is 19.5. The molecule has 0 spiro atoms. The van der Waals surface area contributed by atoms with Gasteiger partial charge in [-0.15, -0.1) is 0 Å². The molecule has 0 aromatic heterocycles. The molecule has 44 heavy (non-hydrogen) atoms. The van der Waals surface area contributed by atoms with Crippen LogP contribution in [0.15, 0.2) is 91.5 Å². The Bertz CT molecular complexity index is 1710. The van der Waals surface area contributed by atoms with Crippen molar-refractivity contribution >= 4 is 35.6 Å². The Labute approximate surface area is 247 Å². The molecule has 0 heterocycles. The molecule has 0 saturated heterocycles. The fraction of sp³-hybridized carbons (Fsp3) is 0. The summed E-state index contributed by atoms with van der Waals surface area (Å²) in [5.74, 6) is -3.27. The third-order valence-corrected chi connectivity index (χ3v) is 5.38. The van der Waals surface area contributed by atoms with Gasteiger partial charge in [-0.3, -0.25) is 4.79 Å². The van der Waals surface area contributed by atoms with Crippen molar-refractivity contribution in [2.75, 3.05) is 0 Å². The quantitative estimate of drug-likeness (QED) is 0.173. The van der Waals surface area contributed by atoms with E-state index in [-0.39, 0.29) is 57.6 Å². The van der Waals surface area contributed by atoms with Crippen molar-refractivity contribution < 1.29 is 64.2 Å². The van der Waals surface area contributed by atoms with Crippen molar-refractivity contribution in [2.45, 2.75) is 0 Å². The molecule has 13 heteroatoms. The number of hydrogen-bond donors (Lipinski definition) is 6. The molecular weight excluding hydrogens is 580 g/mol. The summed E-state index contributed by atoms with van der Waals surface area (Å²) in [5, 5.41) is 55.4. The van der Waals surface area contributed by atoms with Crippen molar-refractivity contribution in [2.24, 2.45) is 0 Å². The van der Waals surface area contributed by atoms with E-state index in [2.05, 4.69) is 6.58 Å². The van der Waals surface area contributed by atoms with E-state index in [0.29, 0.717) is 16.7 Å². The van der Waals surface area contributed by atoms with Gasteiger partial charge in [0.05, 0.1) is 16.7 Å². The number of carboxylic acid groups (broad SMARTS) is 2. The highest BCUT2D eigenvalue weighted by atomic mass is 16.4. The molecule has 0 bridgehead atoms. The van der Waals surface area contributed by atoms with Crippen LogP contribution in [0.4, 0.5) is 0 Å². The second-order valence-corrected chi connectivity index (χ2v) is 8.15. The number of rotatable bonds is 6. The highest BCUT2D eigenvalue weighted by molar-refractivity contribution is 6.11. The second kappa shape index (κ2) is 17.1. The van der Waals surface area contributed by atoms with Crippen molar-refractivity contribution in [3.8, 4) is 23.0 Å². The molecule has 0 fully saturated rings. The molecule has 4 aromatic rings. The molecular formula is C31H22O13. The first kappa shape index (κ1) is 35.2. The van der Waals surface area contributed by atoms with Crippen molar-refractivity contribution in [1.82, 2.24) is 0 Å². The Morgan fingerprint density at radius 3 is 1.36 bits per heavy atom. The molecule has 4 aromatic carbocycles. The van der Waals surface area contributed by atoms with E-state index in [9.17, 15) is 29.7 Å². The van der Waals surface area contributed by atoms with E-state index in [4.69, 9.17) is 34.5 Å². The molecule has 0 amide bonds. The molecule has 6 N–H and O–H groups in total. The van der Waals surface area contributed by atoms with Crippen LogP contribution in [-0.2, 0) is 19.2 Å². The smallest absolute Gasteiger partial charge is 0.373 e. The largest absolute Gasteiger partial charge is 0.508 e. The molecule has 0 aliphatic rings. The maximum absolute atomic E-state index is 12.1. The van der Waals surface area contributed by atoms with Gasteiger partial charge >= 0.3 is 24.2 Å². The number of ketones is 1. The minimum Gasteiger partial charge on any atom is -0.508 e. The van der Waals surface area contributed by atoms with Gasteiger partial charge in [0.25, 0.3) is 0 Å². The van der Waals surface area contributed by atoms with E-state index >= 15 is 0 Å². The summed E-state index contributed by atoms with van der Waals surface area (Å²) in [4.78, 5) is 66.2. The predicted molar refractivity (Wildman–Crippen MR) is 148 cm³/mol. The predicted octanol–water partition coefficient (Wildman–Crippen LogP) is 3.72. The van der Waals surface area contributed by atoms with Crippen LogP contribution in [0.1, 0.15) is 47.8 Å². The number of phenols is 4. The summed E-state index contributed by atoms with van der Waals surface area (Å²) < 4.78 is 0. The first-order chi connectivity index (χ1) is 20.8. The van der Waals surface area contributed by atoms with Gasteiger partial charge in [0.15, 0.2) is 5.78 Å². The topological polar surface area (TPSA) is 241 Å². The zero-order valence-corrected chi connectivity index (χ0v) is 22.3. The van der Waals surface area contributed by atoms with Crippen LogP contribution < -0.4 is 0 Å². The van der Waals surface area contributed by atoms with E-state index in [1.165, 1.54) is 60.7 Å². The van der Waals surface area contributed by atoms with Gasteiger partial charge in [-0.1, -0.05) is 30.8 Å². The number of aromatic hydroxyl groups is 4. The highest BCUT2D eigenvalue weighted by Crippen LogP contribution is 2.31. The Morgan fingerprint density at radius 1 is 0.523 bits per heavy atom. The summed E-state index contributed by atoms with van der Waals surface area (Å²) >= 11 is 0. The third-order valence-electron chi connectivity index (χ3n) is 5.38. The summed E-state index contributed by atoms with van der Waals surface area (Å²) in [7, 11) is 0. The fourth-order valence-electron chi connectivity index (χ4n) is 3.41. The van der Waals surface area contributed by atoms with Crippen LogP contribution in [0.25, 0.3) is 5.57 Å². The minimum absolute atomic E-state index is 0.000314. The number of carbonyl (C=O) groups is 3. The monoisotopic (exact) mass is 602 g/mol. The van der Waals surface area contributed by atoms with Crippen LogP contribution in [0.5, 0.6) is 23.0 Å². The van der Waals surface area contributed by atoms with Gasteiger partial charge < -0.3 is 30.6 Å². The van der Waals surface area contributed by atoms with Gasteiger partial charge in [-0.25, -0.2) is 9.59 Å². The molecule has 224 valence electrons. The summed E-state index contributed by atoms with van der Waals surface area (Å²) in [6.07, 6.45) is 0.500. The van der Waals surface area contributed by atoms with E-state index in [0.717, 1.165) is 6.07 Å². The molecule has 13 nitrogen and oxygen atoms in total. The summed E-state index contributed by atoms with van der Waals surface area (Å²) in [5.41, 5.74) is 2.07. The van der Waals surface area contributed by atoms with Gasteiger partial charge in [0.1, 0.15) is 23.0 Å². The fourth-order valence-corrected chi connectivity index (χ4v) is 3.41. The van der Waals surface area contributed by atoms with E-state index < -0.39 is 17.7 Å². The number of phenolic OH excluding ortho intramolecular Hbond substituents is 4. The molecule has 0 radical (unpaired) electrons. The van der Waals surface area contributed by atoms with Crippen molar-refractivity contribution in [3.05, 3.63) is 125 Å². The molecule has 0 atom stereocenters. The molecule has 0 aliphatic heterocycles. The molecule has 0 aliphatic carbocycles. The van der Waals surface area contributed by atoms with Gasteiger partial charge in [0.2, 0.25) is 0 Å². The lowest BCUT2D eigenvalue weighted by Crippen LogP contribution is -2.04. The first-order valence-corrected chi connectivity index (χ1v) is 11.7. The molecule has 4 rings (SSSR count). The van der Waals surface area contributed by atoms with Crippen LogP contribution >= 0.6 is 0 Å². The van der Waals surface area contributed by atoms with Gasteiger partial charge in [-0.05, 0) is 59.7 Å². The molecule has 0 saturated carbocycles. The number of carboxylic acids is 2. The van der Waals surface area contributed by atoms with Crippen molar-refractivity contribution in [3.63, 3.8) is 0 Å². The lowest BCUT2D eigenvalue weighted by atomic mass is 9.98. The third kappa shape index (κ3) is 10.3. The minimum atomic E-state index is -1.13. The van der Waals surface area contributed by atoms with Gasteiger partial charge in [0, 0.05) is 23.3 Å². The van der Waals surface area contributed by atoms with Crippen LogP contribution in [0.2, 0.25) is 0 Å². The van der Waals surface area contributed by atoms with Crippen LogP contribution in [0, 0.1) is 0 Å². The zero-order valence-electron chi connectivity index (χ0n) is 22.3. The lowest BCUT2D eigenvalue weighted by Gasteiger charge is -2.09. The van der Waals surface area contributed by atoms with Crippen LogP contribution in [-0.4, -0.2) is 60.7 Å². The Morgan fingerprint density at radius 2 is 0.932 bits per heavy atom. The Kier molecular flexibility index (Phi) is 13.7. The zero-order chi connectivity index (χ0) is 33.4. The molecule has 0 unspecified atom stereocenters. The van der Waals surface area contributed by atoms with E-state index in [1.54, 1.807) is 18.2 Å². The average Bonchev–Trinajstić information content (AvgIpc) is 2.98. The second-order valence-electron chi connectivity index (χ2n) is 8.15. The maximum Gasteiger partial charge on any atom is 0.373 e. The van der Waals surface area contributed by atoms with E-state index in [1.807, 2.05) is 0 Å². The summed E-state index contributed by atoms with van der Waals surface area (Å²) in [6.45, 7) is 3.87. The Hall–Kier alpha value is -6.81. The SMILES string of the molecule is C=C(c1ccc(C(=O)O)cc1)c1ccc(O)cc1O.O=C(O)c1cccc(C(=O)c2ccc(O)cc2O)c1.O=C=O.O=C=O. The van der Waals surface area contributed by atoms with Crippen molar-refractivity contribution in [1.29, 1.82) is 0 Å². The standard InChI is InChI=1S/C15H12O4.C14H10O5.2CO2/c1-9(13-7-6-12(16)8-14(13)17)10-2-4-11(5-3-10)15(18)19;15-10-4-5-11(12(16)7-10)13(17)8-2-1-3-9(6-8)14(18)19;2*2-1-3/h2-8,16-17H,1H2,(H,18,19);1-7,15-16H,(H,18,19);;. The Balaban J connectivity index is 0.000000373. The number of hydrogen-bond acceptors (Lipinski definition) is 11. The first-order valence-electron chi connectivity index (χ1n) is 11.7. The maximum atomic E-state index is 12.1. The lowest BCUT2D eigenvalue weighted by molar-refractivity contribution is -0.193. The normalized spacial score (nSPS) is 9.09. The average molecular weight is 603 g/mol. The van der Waals surface area contributed by atoms with Crippen LogP contribution in [0.3, 0.4) is 0 Å². The van der Waals surface area contributed by atoms with Gasteiger partial charge in [-0.2, -0.15) is 19.2 Å². The number of aromatic carboxylic acids is 2. The number of benzene rings is 4. The highest BCUT2D eigenvalue weighted by Gasteiger charge is 2.15. The number of carbonyl (C=O) groups excluding carboxylic acids is 5.